The van der Waals surface area contributed by atoms with Gasteiger partial charge in [-0.2, -0.15) is 13.2 Å². The summed E-state index contributed by atoms with van der Waals surface area (Å²) in [4.78, 5) is 24.2. The first kappa shape index (κ1) is 17.1. The van der Waals surface area contributed by atoms with Gasteiger partial charge in [-0.3, -0.25) is 9.59 Å². The Bertz CT molecular complexity index is 572. The van der Waals surface area contributed by atoms with Crippen molar-refractivity contribution >= 4 is 11.8 Å². The second-order valence-electron chi connectivity index (χ2n) is 5.36. The number of likely N-dealkylation sites (tertiary alicyclic amines) is 1. The molecule has 1 N–H and O–H groups in total. The molecule has 23 heavy (non-hydrogen) atoms. The van der Waals surface area contributed by atoms with Crippen molar-refractivity contribution in [1.29, 1.82) is 0 Å². The molecule has 2 rings (SSSR count). The zero-order valence-electron chi connectivity index (χ0n) is 12.5. The first-order valence-corrected chi connectivity index (χ1v) is 7.03. The summed E-state index contributed by atoms with van der Waals surface area (Å²) in [7, 11) is 1.54. The van der Waals surface area contributed by atoms with Crippen LogP contribution in [0.2, 0.25) is 0 Å². The molecule has 0 aromatic heterocycles. The van der Waals surface area contributed by atoms with Gasteiger partial charge >= 0.3 is 6.18 Å². The summed E-state index contributed by atoms with van der Waals surface area (Å²) < 4.78 is 42.0. The standard InChI is InChI=1S/C15H17F3N2O3/c1-23-12-4-2-10(3-5-12)7-19-14(22)11-6-13(21)20(8-11)9-15(16,17)18/h2-5,11H,6-9H2,1H3,(H,19,22). The molecule has 0 spiro atoms. The molecular formula is C15H17F3N2O3. The molecule has 1 fully saturated rings. The van der Waals surface area contributed by atoms with Gasteiger partial charge in [-0.05, 0) is 17.7 Å². The highest BCUT2D eigenvalue weighted by Crippen LogP contribution is 2.24. The van der Waals surface area contributed by atoms with E-state index in [2.05, 4.69) is 5.32 Å². The van der Waals surface area contributed by atoms with Crippen molar-refractivity contribution < 1.29 is 27.5 Å². The Balaban J connectivity index is 1.85. The third kappa shape index (κ3) is 4.87. The molecule has 0 radical (unpaired) electrons. The van der Waals surface area contributed by atoms with Crippen molar-refractivity contribution in [1.82, 2.24) is 10.2 Å². The number of halogens is 3. The maximum atomic E-state index is 12.3. The monoisotopic (exact) mass is 330 g/mol. The van der Waals surface area contributed by atoms with Gasteiger partial charge in [-0.1, -0.05) is 12.1 Å². The number of benzene rings is 1. The number of carbonyl (C=O) groups is 2. The van der Waals surface area contributed by atoms with E-state index >= 15 is 0 Å². The van der Waals surface area contributed by atoms with E-state index in [1.165, 1.54) is 0 Å². The summed E-state index contributed by atoms with van der Waals surface area (Å²) >= 11 is 0. The largest absolute Gasteiger partial charge is 0.497 e. The Labute approximate surface area is 131 Å². The van der Waals surface area contributed by atoms with Crippen LogP contribution in [0.4, 0.5) is 13.2 Å². The van der Waals surface area contributed by atoms with Gasteiger partial charge in [0.25, 0.3) is 0 Å². The number of nitrogens with one attached hydrogen (secondary N) is 1. The van der Waals surface area contributed by atoms with E-state index in [4.69, 9.17) is 4.74 Å². The maximum absolute atomic E-state index is 12.3. The minimum absolute atomic E-state index is 0.190. The lowest BCUT2D eigenvalue weighted by molar-refractivity contribution is -0.157. The van der Waals surface area contributed by atoms with Crippen LogP contribution in [0.25, 0.3) is 0 Å². The Morgan fingerprint density at radius 1 is 1.35 bits per heavy atom. The molecule has 0 bridgehead atoms. The predicted molar refractivity (Wildman–Crippen MR) is 75.6 cm³/mol. The van der Waals surface area contributed by atoms with Gasteiger partial charge in [0.15, 0.2) is 0 Å². The van der Waals surface area contributed by atoms with Gasteiger partial charge in [-0.15, -0.1) is 0 Å². The molecule has 1 aromatic carbocycles. The van der Waals surface area contributed by atoms with E-state index in [1.807, 2.05) is 0 Å². The van der Waals surface area contributed by atoms with Crippen LogP contribution < -0.4 is 10.1 Å². The van der Waals surface area contributed by atoms with Crippen LogP contribution in [0.15, 0.2) is 24.3 Å². The number of carbonyl (C=O) groups excluding carboxylic acids is 2. The average molecular weight is 330 g/mol. The lowest BCUT2D eigenvalue weighted by Gasteiger charge is -2.18. The molecule has 1 aromatic rings. The third-order valence-electron chi connectivity index (χ3n) is 3.58. The van der Waals surface area contributed by atoms with Crippen molar-refractivity contribution in [2.24, 2.45) is 5.92 Å². The van der Waals surface area contributed by atoms with Crippen molar-refractivity contribution in [3.8, 4) is 5.75 Å². The van der Waals surface area contributed by atoms with E-state index in [9.17, 15) is 22.8 Å². The molecule has 8 heteroatoms. The second-order valence-corrected chi connectivity index (χ2v) is 5.36. The van der Waals surface area contributed by atoms with E-state index < -0.39 is 30.5 Å². The van der Waals surface area contributed by atoms with E-state index in [0.29, 0.717) is 10.6 Å². The average Bonchev–Trinajstić information content (AvgIpc) is 2.84. The first-order chi connectivity index (χ1) is 10.8. The molecule has 1 heterocycles. The number of hydrogen-bond acceptors (Lipinski definition) is 3. The molecule has 0 saturated carbocycles. The number of nitrogens with zero attached hydrogens (tertiary/aromatic N) is 1. The summed E-state index contributed by atoms with van der Waals surface area (Å²) in [5, 5.41) is 2.64. The molecule has 0 aliphatic carbocycles. The lowest BCUT2D eigenvalue weighted by Crippen LogP contribution is -2.37. The summed E-state index contributed by atoms with van der Waals surface area (Å²) in [5.41, 5.74) is 0.829. The lowest BCUT2D eigenvalue weighted by atomic mass is 10.1. The number of methoxy groups -OCH3 is 1. The van der Waals surface area contributed by atoms with Crippen LogP contribution in [0.1, 0.15) is 12.0 Å². The molecule has 1 aliphatic heterocycles. The summed E-state index contributed by atoms with van der Waals surface area (Å²) in [6.07, 6.45) is -4.64. The third-order valence-corrected chi connectivity index (χ3v) is 3.58. The van der Waals surface area contributed by atoms with Crippen molar-refractivity contribution in [2.45, 2.75) is 19.1 Å². The fourth-order valence-corrected chi connectivity index (χ4v) is 2.39. The molecule has 1 saturated heterocycles. The van der Waals surface area contributed by atoms with Crippen molar-refractivity contribution in [2.75, 3.05) is 20.2 Å². The van der Waals surface area contributed by atoms with Gasteiger partial charge in [0.1, 0.15) is 12.3 Å². The number of amides is 2. The van der Waals surface area contributed by atoms with Gasteiger partial charge < -0.3 is 15.0 Å². The normalized spacial score (nSPS) is 18.2. The van der Waals surface area contributed by atoms with Crippen LogP contribution >= 0.6 is 0 Å². The highest BCUT2D eigenvalue weighted by atomic mass is 19.4. The van der Waals surface area contributed by atoms with Crippen LogP contribution in [-0.4, -0.2) is 43.1 Å². The minimum Gasteiger partial charge on any atom is -0.497 e. The zero-order chi connectivity index (χ0) is 17.0. The number of ether oxygens (including phenoxy) is 1. The fourth-order valence-electron chi connectivity index (χ4n) is 2.39. The van der Waals surface area contributed by atoms with Crippen LogP contribution in [0.5, 0.6) is 5.75 Å². The molecule has 1 atom stereocenters. The predicted octanol–water partition coefficient (Wildman–Crippen LogP) is 1.72. The summed E-state index contributed by atoms with van der Waals surface area (Å²) in [5.74, 6) is -1.13. The molecule has 1 aliphatic rings. The van der Waals surface area contributed by atoms with Gasteiger partial charge in [0.2, 0.25) is 11.8 Å². The van der Waals surface area contributed by atoms with Gasteiger partial charge in [0, 0.05) is 19.5 Å². The Kier molecular flexibility index (Phi) is 5.12. The highest BCUT2D eigenvalue weighted by Gasteiger charge is 2.40. The number of alkyl halides is 3. The second kappa shape index (κ2) is 6.89. The van der Waals surface area contributed by atoms with Crippen LogP contribution in [-0.2, 0) is 16.1 Å². The van der Waals surface area contributed by atoms with E-state index in [1.54, 1.807) is 31.4 Å². The molecular weight excluding hydrogens is 313 g/mol. The number of rotatable bonds is 5. The fraction of sp³-hybridized carbons (Fsp3) is 0.467. The molecule has 1 unspecified atom stereocenters. The summed E-state index contributed by atoms with van der Waals surface area (Å²) in [6, 6.07) is 7.03. The Morgan fingerprint density at radius 2 is 2.00 bits per heavy atom. The smallest absolute Gasteiger partial charge is 0.406 e. The zero-order valence-corrected chi connectivity index (χ0v) is 12.5. The topological polar surface area (TPSA) is 58.6 Å². The summed E-state index contributed by atoms with van der Waals surface area (Å²) in [6.45, 7) is -1.27. The van der Waals surface area contributed by atoms with Crippen LogP contribution in [0.3, 0.4) is 0 Å². The molecule has 126 valence electrons. The Morgan fingerprint density at radius 3 is 2.57 bits per heavy atom. The van der Waals surface area contributed by atoms with Crippen molar-refractivity contribution in [3.63, 3.8) is 0 Å². The SMILES string of the molecule is COc1ccc(CNC(=O)C2CC(=O)N(CC(F)(F)F)C2)cc1. The number of hydrogen-bond donors (Lipinski definition) is 1. The van der Waals surface area contributed by atoms with Gasteiger partial charge in [-0.25, -0.2) is 0 Å². The van der Waals surface area contributed by atoms with E-state index in [-0.39, 0.29) is 19.5 Å². The minimum atomic E-state index is -4.45. The quantitative estimate of drug-likeness (QED) is 0.894. The molecule has 2 amide bonds. The van der Waals surface area contributed by atoms with Crippen molar-refractivity contribution in [3.05, 3.63) is 29.8 Å². The van der Waals surface area contributed by atoms with Gasteiger partial charge in [0.05, 0.1) is 13.0 Å². The maximum Gasteiger partial charge on any atom is 0.406 e. The van der Waals surface area contributed by atoms with Crippen LogP contribution in [0, 0.1) is 5.92 Å². The molecule has 5 nitrogen and oxygen atoms in total. The Hall–Kier alpha value is -2.25. The van der Waals surface area contributed by atoms with E-state index in [0.717, 1.165) is 5.56 Å². The highest BCUT2D eigenvalue weighted by molar-refractivity contribution is 5.89. The first-order valence-electron chi connectivity index (χ1n) is 7.03.